The van der Waals surface area contributed by atoms with Gasteiger partial charge in [0.15, 0.2) is 20.9 Å². The molecule has 2 aromatic rings. The summed E-state index contributed by atoms with van der Waals surface area (Å²) >= 11 is 0. The van der Waals surface area contributed by atoms with Gasteiger partial charge in [0.05, 0.1) is 12.2 Å². The molecule has 2 aromatic carbocycles. The maximum atomic E-state index is 13.2. The molecule has 2 aliphatic rings. The van der Waals surface area contributed by atoms with E-state index in [-0.39, 0.29) is 11.6 Å². The highest BCUT2D eigenvalue weighted by molar-refractivity contribution is 6.74. The fourth-order valence-electron chi connectivity index (χ4n) is 4.66. The van der Waals surface area contributed by atoms with Crippen molar-refractivity contribution < 1.29 is 28.2 Å². The number of benzene rings is 2. The van der Waals surface area contributed by atoms with Crippen LogP contribution in [-0.4, -0.2) is 51.5 Å². The SMILES string of the molecule is CC(C)C(C)(C)[Si](C)(C)O[C@@H]1O[C@@H]2CO[C@H](c3ccccc3)O[C@@H]2[C@H](OC(=O)c2ccccc2)[C@H]1N=[N+]=[N-]. The molecule has 0 aromatic heterocycles. The summed E-state index contributed by atoms with van der Waals surface area (Å²) in [5.41, 5.74) is 10.7. The highest BCUT2D eigenvalue weighted by Crippen LogP contribution is 2.47. The van der Waals surface area contributed by atoms with Gasteiger partial charge in [-0.3, -0.25) is 0 Å². The fourth-order valence-corrected chi connectivity index (χ4v) is 7.13. The minimum atomic E-state index is -2.44. The van der Waals surface area contributed by atoms with E-state index in [9.17, 15) is 10.3 Å². The van der Waals surface area contributed by atoms with Crippen LogP contribution in [0.3, 0.4) is 0 Å². The monoisotopic (exact) mass is 539 g/mol. The zero-order valence-electron chi connectivity index (χ0n) is 22.8. The van der Waals surface area contributed by atoms with Crippen molar-refractivity contribution in [2.24, 2.45) is 11.0 Å². The maximum absolute atomic E-state index is 13.2. The molecule has 2 heterocycles. The van der Waals surface area contributed by atoms with Crippen LogP contribution in [-0.2, 0) is 23.4 Å². The molecule has 9 nitrogen and oxygen atoms in total. The van der Waals surface area contributed by atoms with Crippen LogP contribution in [0, 0.1) is 5.92 Å². The average Bonchev–Trinajstić information content (AvgIpc) is 2.90. The Bertz CT molecular complexity index is 1140. The Hall–Kier alpha value is -2.72. The summed E-state index contributed by atoms with van der Waals surface area (Å²) in [7, 11) is -2.44. The first-order chi connectivity index (χ1) is 18.0. The van der Waals surface area contributed by atoms with Gasteiger partial charge in [-0.15, -0.1) is 0 Å². The van der Waals surface area contributed by atoms with Gasteiger partial charge in [-0.05, 0) is 41.7 Å². The van der Waals surface area contributed by atoms with Gasteiger partial charge in [0.25, 0.3) is 0 Å². The summed E-state index contributed by atoms with van der Waals surface area (Å²) in [6.45, 7) is 13.1. The lowest BCUT2D eigenvalue weighted by Gasteiger charge is -2.51. The van der Waals surface area contributed by atoms with Crippen LogP contribution in [0.2, 0.25) is 18.1 Å². The number of ether oxygens (including phenoxy) is 4. The molecule has 0 saturated carbocycles. The Balaban J connectivity index is 1.68. The zero-order chi connectivity index (χ0) is 27.5. The van der Waals surface area contributed by atoms with E-state index in [1.54, 1.807) is 24.3 Å². The summed E-state index contributed by atoms with van der Waals surface area (Å²) in [6, 6.07) is 17.2. The van der Waals surface area contributed by atoms with Crippen molar-refractivity contribution in [1.29, 1.82) is 0 Å². The summed E-state index contributed by atoms with van der Waals surface area (Å²) in [5.74, 6) is -0.198. The van der Waals surface area contributed by atoms with Gasteiger partial charge in [0.1, 0.15) is 24.4 Å². The van der Waals surface area contributed by atoms with Crippen LogP contribution in [0.5, 0.6) is 0 Å². The van der Waals surface area contributed by atoms with Crippen molar-refractivity contribution in [2.75, 3.05) is 6.61 Å². The molecule has 10 heteroatoms. The Morgan fingerprint density at radius 1 is 1.08 bits per heavy atom. The molecule has 2 saturated heterocycles. The van der Waals surface area contributed by atoms with E-state index < -0.39 is 51.2 Å². The molecule has 0 spiro atoms. The zero-order valence-corrected chi connectivity index (χ0v) is 23.8. The predicted molar refractivity (Wildman–Crippen MR) is 145 cm³/mol. The van der Waals surface area contributed by atoms with Gasteiger partial charge < -0.3 is 23.4 Å². The van der Waals surface area contributed by atoms with E-state index >= 15 is 0 Å². The molecule has 2 aliphatic heterocycles. The maximum Gasteiger partial charge on any atom is 0.338 e. The van der Waals surface area contributed by atoms with Gasteiger partial charge in [0, 0.05) is 10.5 Å². The molecular weight excluding hydrogens is 502 g/mol. The third kappa shape index (κ3) is 5.81. The second-order valence-electron chi connectivity index (χ2n) is 11.2. The standard InChI is InChI=1S/C28H37N3O6Si/c1-18(2)28(3,4)38(5,6)37-27-22(30-31-29)24(35-25(32)19-13-9-7-10-14-19)23-21(34-27)17-33-26(36-23)20-15-11-8-12-16-20/h7-16,18,21-24,26-27H,17H2,1-6H3/t21-,22-,23+,24-,26+,27+/m1/s1. The molecule has 0 bridgehead atoms. The van der Waals surface area contributed by atoms with E-state index in [1.165, 1.54) is 0 Å². The third-order valence-electron chi connectivity index (χ3n) is 8.22. The number of hydrogen-bond acceptors (Lipinski definition) is 7. The average molecular weight is 540 g/mol. The molecule has 0 aliphatic carbocycles. The predicted octanol–water partition coefficient (Wildman–Crippen LogP) is 6.39. The highest BCUT2D eigenvalue weighted by atomic mass is 28.4. The molecule has 6 atom stereocenters. The molecule has 204 valence electrons. The van der Waals surface area contributed by atoms with Crippen LogP contribution in [0.25, 0.3) is 10.4 Å². The molecule has 4 rings (SSSR count). The van der Waals surface area contributed by atoms with Crippen molar-refractivity contribution in [3.8, 4) is 0 Å². The van der Waals surface area contributed by atoms with Crippen LogP contribution in [0.4, 0.5) is 0 Å². The van der Waals surface area contributed by atoms with Crippen molar-refractivity contribution in [1.82, 2.24) is 0 Å². The van der Waals surface area contributed by atoms with Gasteiger partial charge >= 0.3 is 5.97 Å². The normalized spacial score (nSPS) is 27.8. The second kappa shape index (κ2) is 11.6. The minimum absolute atomic E-state index is 0.123. The number of azide groups is 1. The summed E-state index contributed by atoms with van der Waals surface area (Å²) in [5, 5.41) is 3.93. The van der Waals surface area contributed by atoms with Crippen molar-refractivity contribution in [2.45, 2.75) is 82.8 Å². The van der Waals surface area contributed by atoms with E-state index in [0.29, 0.717) is 11.5 Å². The Kier molecular flexibility index (Phi) is 8.61. The van der Waals surface area contributed by atoms with Gasteiger partial charge in [-0.25, -0.2) is 4.79 Å². The molecular formula is C28H37N3O6Si. The molecule has 0 unspecified atom stereocenters. The number of rotatable bonds is 8. The first kappa shape index (κ1) is 28.3. The topological polar surface area (TPSA) is 112 Å². The number of hydrogen-bond donors (Lipinski definition) is 0. The molecule has 38 heavy (non-hydrogen) atoms. The van der Waals surface area contributed by atoms with Crippen molar-refractivity contribution in [3.05, 3.63) is 82.2 Å². The smallest absolute Gasteiger partial charge is 0.338 e. The largest absolute Gasteiger partial charge is 0.455 e. The van der Waals surface area contributed by atoms with Crippen LogP contribution >= 0.6 is 0 Å². The Morgan fingerprint density at radius 3 is 2.32 bits per heavy atom. The third-order valence-corrected chi connectivity index (χ3v) is 12.7. The van der Waals surface area contributed by atoms with Gasteiger partial charge in [-0.1, -0.05) is 81.3 Å². The van der Waals surface area contributed by atoms with Gasteiger partial charge in [0.2, 0.25) is 0 Å². The van der Waals surface area contributed by atoms with Crippen molar-refractivity contribution in [3.63, 3.8) is 0 Å². The molecule has 2 fully saturated rings. The minimum Gasteiger partial charge on any atom is -0.455 e. The number of carbonyl (C=O) groups excluding carboxylic acids is 1. The second-order valence-corrected chi connectivity index (χ2v) is 15.7. The first-order valence-electron chi connectivity index (χ1n) is 13.0. The number of esters is 1. The molecule has 0 N–H and O–H groups in total. The number of fused-ring (bicyclic) bond motifs is 1. The highest BCUT2D eigenvalue weighted by Gasteiger charge is 2.55. The van der Waals surface area contributed by atoms with E-state index in [1.807, 2.05) is 36.4 Å². The van der Waals surface area contributed by atoms with Crippen molar-refractivity contribution >= 4 is 14.3 Å². The lowest BCUT2D eigenvalue weighted by molar-refractivity contribution is -0.332. The fraction of sp³-hybridized carbons (Fsp3) is 0.536. The van der Waals surface area contributed by atoms with E-state index in [0.717, 1.165) is 5.56 Å². The van der Waals surface area contributed by atoms with Crippen LogP contribution in [0.1, 0.15) is 49.9 Å². The quantitative estimate of drug-likeness (QED) is 0.126. The number of carbonyl (C=O) groups is 1. The van der Waals surface area contributed by atoms with Gasteiger partial charge in [-0.2, -0.15) is 0 Å². The lowest BCUT2D eigenvalue weighted by Crippen LogP contribution is -2.64. The summed E-state index contributed by atoms with van der Waals surface area (Å²) in [6.07, 6.45) is -3.90. The lowest BCUT2D eigenvalue weighted by atomic mass is 9.96. The van der Waals surface area contributed by atoms with Crippen LogP contribution in [0.15, 0.2) is 65.8 Å². The summed E-state index contributed by atoms with van der Waals surface area (Å²) < 4.78 is 31.5. The number of nitrogens with zero attached hydrogens (tertiary/aromatic N) is 3. The molecule has 0 radical (unpaired) electrons. The van der Waals surface area contributed by atoms with E-state index in [4.69, 9.17) is 23.4 Å². The molecule has 0 amide bonds. The van der Waals surface area contributed by atoms with Crippen LogP contribution < -0.4 is 0 Å². The first-order valence-corrected chi connectivity index (χ1v) is 15.9. The summed E-state index contributed by atoms with van der Waals surface area (Å²) in [4.78, 5) is 16.3. The Labute approximate surface area is 225 Å². The van der Waals surface area contributed by atoms with E-state index in [2.05, 4.69) is 50.8 Å². The Morgan fingerprint density at radius 2 is 1.71 bits per heavy atom.